The number of morpholine rings is 1. The van der Waals surface area contributed by atoms with Crippen LogP contribution in [0.2, 0.25) is 0 Å². The van der Waals surface area contributed by atoms with Gasteiger partial charge in [0.1, 0.15) is 0 Å². The fourth-order valence-corrected chi connectivity index (χ4v) is 4.34. The van der Waals surface area contributed by atoms with Gasteiger partial charge in [0.15, 0.2) is 0 Å². The predicted octanol–water partition coefficient (Wildman–Crippen LogP) is 4.02. The van der Waals surface area contributed by atoms with E-state index in [1.165, 1.54) is 0 Å². The van der Waals surface area contributed by atoms with E-state index < -0.39 is 0 Å². The zero-order valence-corrected chi connectivity index (χ0v) is 17.3. The van der Waals surface area contributed by atoms with Gasteiger partial charge in [0, 0.05) is 36.2 Å². The van der Waals surface area contributed by atoms with E-state index in [4.69, 9.17) is 9.84 Å². The van der Waals surface area contributed by atoms with E-state index in [-0.39, 0.29) is 12.0 Å². The molecule has 6 heteroatoms. The molecule has 1 saturated heterocycles. The second-order valence-electron chi connectivity index (χ2n) is 7.16. The lowest BCUT2D eigenvalue weighted by Crippen LogP contribution is -2.45. The van der Waals surface area contributed by atoms with E-state index in [2.05, 4.69) is 18.3 Å². The highest BCUT2D eigenvalue weighted by Gasteiger charge is 2.21. The molecular formula is C23H25N3O2S. The Morgan fingerprint density at radius 3 is 2.59 bits per heavy atom. The third-order valence-electron chi connectivity index (χ3n) is 4.93. The Morgan fingerprint density at radius 1 is 1.14 bits per heavy atom. The van der Waals surface area contributed by atoms with E-state index in [0.717, 1.165) is 28.3 Å². The van der Waals surface area contributed by atoms with E-state index in [9.17, 15) is 4.79 Å². The maximum atomic E-state index is 12.5. The van der Waals surface area contributed by atoms with Gasteiger partial charge in [-0.1, -0.05) is 48.5 Å². The minimum atomic E-state index is 0.117. The minimum absolute atomic E-state index is 0.117. The first-order chi connectivity index (χ1) is 14.2. The summed E-state index contributed by atoms with van der Waals surface area (Å²) in [6.45, 7) is 4.00. The molecule has 1 atom stereocenters. The van der Waals surface area contributed by atoms with Gasteiger partial charge in [0.05, 0.1) is 29.8 Å². The second kappa shape index (κ2) is 9.29. The van der Waals surface area contributed by atoms with Crippen molar-refractivity contribution in [1.82, 2.24) is 14.7 Å². The van der Waals surface area contributed by atoms with Gasteiger partial charge in [-0.25, -0.2) is 4.68 Å². The van der Waals surface area contributed by atoms with Gasteiger partial charge in [-0.3, -0.25) is 4.79 Å². The van der Waals surface area contributed by atoms with Gasteiger partial charge < -0.3 is 9.64 Å². The van der Waals surface area contributed by atoms with Crippen LogP contribution < -0.4 is 0 Å². The molecule has 1 unspecified atom stereocenters. The molecule has 1 aliphatic rings. The van der Waals surface area contributed by atoms with Crippen molar-refractivity contribution in [2.45, 2.75) is 18.8 Å². The van der Waals surface area contributed by atoms with Crippen molar-refractivity contribution in [3.05, 3.63) is 72.4 Å². The maximum Gasteiger partial charge on any atom is 0.232 e. The lowest BCUT2D eigenvalue weighted by Gasteiger charge is -2.31. The first-order valence-electron chi connectivity index (χ1n) is 9.87. The molecule has 1 amide bonds. The zero-order chi connectivity index (χ0) is 20.1. The fraction of sp³-hybridized carbons (Fsp3) is 0.304. The Bertz CT molecular complexity index is 943. The van der Waals surface area contributed by atoms with Crippen LogP contribution in [0.5, 0.6) is 0 Å². The van der Waals surface area contributed by atoms with E-state index >= 15 is 0 Å². The quantitative estimate of drug-likeness (QED) is 0.619. The fourth-order valence-electron chi connectivity index (χ4n) is 3.45. The van der Waals surface area contributed by atoms with Gasteiger partial charge in [0.2, 0.25) is 5.91 Å². The summed E-state index contributed by atoms with van der Waals surface area (Å²) in [5.41, 5.74) is 4.22. The molecule has 3 aromatic rings. The molecule has 1 aliphatic heterocycles. The van der Waals surface area contributed by atoms with Crippen LogP contribution in [0, 0.1) is 0 Å². The zero-order valence-electron chi connectivity index (χ0n) is 16.5. The Balaban J connectivity index is 1.48. The number of para-hydroxylation sites is 1. The van der Waals surface area contributed by atoms with Crippen LogP contribution in [0.15, 0.2) is 66.9 Å². The number of hydrogen-bond acceptors (Lipinski definition) is 4. The summed E-state index contributed by atoms with van der Waals surface area (Å²) in [6, 6.07) is 20.3. The van der Waals surface area contributed by atoms with Crippen LogP contribution in [0.1, 0.15) is 12.5 Å². The minimum Gasteiger partial charge on any atom is -0.375 e. The van der Waals surface area contributed by atoms with Crippen molar-refractivity contribution in [2.75, 3.05) is 25.4 Å². The Hall–Kier alpha value is -2.57. The van der Waals surface area contributed by atoms with Crippen LogP contribution >= 0.6 is 11.8 Å². The van der Waals surface area contributed by atoms with E-state index in [1.54, 1.807) is 11.8 Å². The van der Waals surface area contributed by atoms with Crippen LogP contribution in [-0.2, 0) is 15.3 Å². The Morgan fingerprint density at radius 2 is 1.86 bits per heavy atom. The summed E-state index contributed by atoms with van der Waals surface area (Å²) in [6.07, 6.45) is 2.19. The summed E-state index contributed by atoms with van der Waals surface area (Å²) in [5.74, 6) is 1.39. The molecule has 0 spiro atoms. The van der Waals surface area contributed by atoms with Crippen molar-refractivity contribution in [2.24, 2.45) is 0 Å². The molecule has 29 heavy (non-hydrogen) atoms. The number of benzene rings is 2. The molecule has 150 valence electrons. The summed E-state index contributed by atoms with van der Waals surface area (Å²) < 4.78 is 7.45. The van der Waals surface area contributed by atoms with Gasteiger partial charge in [-0.15, -0.1) is 11.8 Å². The third-order valence-corrected chi connectivity index (χ3v) is 5.90. The monoisotopic (exact) mass is 407 g/mol. The number of amides is 1. The van der Waals surface area contributed by atoms with Gasteiger partial charge in [-0.05, 0) is 19.1 Å². The molecule has 0 radical (unpaired) electrons. The summed E-state index contributed by atoms with van der Waals surface area (Å²) >= 11 is 1.64. The first-order valence-corrected chi connectivity index (χ1v) is 11.0. The molecule has 0 aliphatic carbocycles. The molecule has 0 saturated carbocycles. The number of rotatable bonds is 6. The molecule has 4 rings (SSSR count). The lowest BCUT2D eigenvalue weighted by molar-refractivity contribution is -0.135. The van der Waals surface area contributed by atoms with Gasteiger partial charge in [-0.2, -0.15) is 5.10 Å². The number of aromatic nitrogens is 2. The van der Waals surface area contributed by atoms with Gasteiger partial charge >= 0.3 is 0 Å². The summed E-state index contributed by atoms with van der Waals surface area (Å²) in [4.78, 5) is 14.5. The lowest BCUT2D eigenvalue weighted by atomic mass is 10.1. The Labute approximate surface area is 175 Å². The normalized spacial score (nSPS) is 16.7. The predicted molar refractivity (Wildman–Crippen MR) is 117 cm³/mol. The smallest absolute Gasteiger partial charge is 0.232 e. The molecular weight excluding hydrogens is 382 g/mol. The average molecular weight is 408 g/mol. The number of carbonyl (C=O) groups excluding carboxylic acids is 1. The topological polar surface area (TPSA) is 47.4 Å². The molecule has 2 aromatic carbocycles. The van der Waals surface area contributed by atoms with Crippen molar-refractivity contribution < 1.29 is 9.53 Å². The van der Waals surface area contributed by atoms with Crippen LogP contribution in [0.3, 0.4) is 0 Å². The summed E-state index contributed by atoms with van der Waals surface area (Å²) in [5, 5.41) is 4.84. The number of ether oxygens (including phenoxy) is 1. The number of carbonyl (C=O) groups is 1. The van der Waals surface area contributed by atoms with E-state index in [0.29, 0.717) is 25.4 Å². The molecule has 1 aromatic heterocycles. The second-order valence-corrected chi connectivity index (χ2v) is 8.15. The SMILES string of the molecule is CC1CN(C(=O)CSCc2cn(-c3ccccc3)nc2-c2ccccc2)CCO1. The number of nitrogens with zero attached hydrogens (tertiary/aromatic N) is 3. The van der Waals surface area contributed by atoms with E-state index in [1.807, 2.05) is 65.0 Å². The highest BCUT2D eigenvalue weighted by atomic mass is 32.2. The van der Waals surface area contributed by atoms with Crippen molar-refractivity contribution >= 4 is 17.7 Å². The summed E-state index contributed by atoms with van der Waals surface area (Å²) in [7, 11) is 0. The largest absolute Gasteiger partial charge is 0.375 e. The van der Waals surface area contributed by atoms with Crippen molar-refractivity contribution in [1.29, 1.82) is 0 Å². The molecule has 1 fully saturated rings. The third kappa shape index (κ3) is 4.89. The highest BCUT2D eigenvalue weighted by Crippen LogP contribution is 2.27. The van der Waals surface area contributed by atoms with Crippen molar-refractivity contribution in [3.8, 4) is 16.9 Å². The molecule has 0 N–H and O–H groups in total. The molecule has 5 nitrogen and oxygen atoms in total. The number of thioether (sulfide) groups is 1. The van der Waals surface area contributed by atoms with Crippen LogP contribution in [0.25, 0.3) is 16.9 Å². The van der Waals surface area contributed by atoms with Crippen LogP contribution in [-0.4, -0.2) is 52.1 Å². The molecule has 0 bridgehead atoms. The van der Waals surface area contributed by atoms with Gasteiger partial charge in [0.25, 0.3) is 0 Å². The van der Waals surface area contributed by atoms with Crippen LogP contribution in [0.4, 0.5) is 0 Å². The standard InChI is InChI=1S/C23H25N3O2S/c1-18-14-25(12-13-28-18)22(27)17-29-16-20-15-26(21-10-6-3-7-11-21)24-23(20)19-8-4-2-5-9-19/h2-11,15,18H,12-14,16-17H2,1H3. The first kappa shape index (κ1) is 19.7. The average Bonchev–Trinajstić information content (AvgIpc) is 3.19. The number of hydrogen-bond donors (Lipinski definition) is 0. The molecule has 2 heterocycles. The maximum absolute atomic E-state index is 12.5. The highest BCUT2D eigenvalue weighted by molar-refractivity contribution is 7.99. The van der Waals surface area contributed by atoms with Crippen molar-refractivity contribution in [3.63, 3.8) is 0 Å². The Kier molecular flexibility index (Phi) is 6.32.